The second-order valence-electron chi connectivity index (χ2n) is 4.04. The molecule has 1 amide bonds. The van der Waals surface area contributed by atoms with E-state index in [2.05, 4.69) is 27.9 Å². The van der Waals surface area contributed by atoms with Gasteiger partial charge in [0.2, 0.25) is 0 Å². The molecule has 1 N–H and O–H groups in total. The minimum absolute atomic E-state index is 0.0510. The molecule has 6 heteroatoms. The van der Waals surface area contributed by atoms with Gasteiger partial charge in [0.15, 0.2) is 0 Å². The van der Waals surface area contributed by atoms with E-state index in [9.17, 15) is 9.59 Å². The third-order valence-corrected chi connectivity index (χ3v) is 4.32. The molecule has 0 radical (unpaired) electrons. The van der Waals surface area contributed by atoms with Gasteiger partial charge in [0, 0.05) is 24.2 Å². The Morgan fingerprint density at radius 2 is 2.26 bits per heavy atom. The maximum atomic E-state index is 12.0. The van der Waals surface area contributed by atoms with Gasteiger partial charge >= 0.3 is 0 Å². The Hall–Kier alpha value is -1.15. The first kappa shape index (κ1) is 14.3. The maximum Gasteiger partial charge on any atom is 0.256 e. The highest BCUT2D eigenvalue weighted by Crippen LogP contribution is 2.17. The summed E-state index contributed by atoms with van der Waals surface area (Å²) in [5.41, 5.74) is 1.23. The number of thiophene rings is 1. The predicted octanol–water partition coefficient (Wildman–Crippen LogP) is 3.18. The summed E-state index contributed by atoms with van der Waals surface area (Å²) in [4.78, 5) is 23.6. The molecule has 0 unspecified atom stereocenters. The van der Waals surface area contributed by atoms with Crippen LogP contribution in [0.25, 0.3) is 0 Å². The molecule has 0 atom stereocenters. The molecule has 19 heavy (non-hydrogen) atoms. The second-order valence-corrected chi connectivity index (χ2v) is 6.85. The van der Waals surface area contributed by atoms with Crippen molar-refractivity contribution in [2.75, 3.05) is 5.32 Å². The van der Waals surface area contributed by atoms with Gasteiger partial charge in [-0.05, 0) is 41.1 Å². The maximum absolute atomic E-state index is 12.0. The summed E-state index contributed by atoms with van der Waals surface area (Å²) in [6, 6.07) is 4.94. The molecule has 0 fully saturated rings. The van der Waals surface area contributed by atoms with E-state index in [0.717, 1.165) is 9.30 Å². The monoisotopic (exact) mass is 388 g/mol. The summed E-state index contributed by atoms with van der Waals surface area (Å²) < 4.78 is 2.67. The van der Waals surface area contributed by atoms with Crippen molar-refractivity contribution >= 4 is 45.5 Å². The number of aromatic nitrogens is 1. The number of pyridine rings is 1. The Labute approximate surface area is 128 Å². The van der Waals surface area contributed by atoms with Crippen molar-refractivity contribution in [3.63, 3.8) is 0 Å². The van der Waals surface area contributed by atoms with Crippen molar-refractivity contribution < 1.29 is 4.79 Å². The summed E-state index contributed by atoms with van der Waals surface area (Å²) in [6.45, 7) is 2.66. The zero-order chi connectivity index (χ0) is 13.8. The quantitative estimate of drug-likeness (QED) is 0.819. The highest BCUT2D eigenvalue weighted by molar-refractivity contribution is 14.1. The van der Waals surface area contributed by atoms with Gasteiger partial charge in [0.25, 0.3) is 11.5 Å². The Morgan fingerprint density at radius 1 is 1.47 bits per heavy atom. The normalized spacial score (nSPS) is 10.4. The number of carbonyl (C=O) groups excluding carboxylic acids is 1. The predicted molar refractivity (Wildman–Crippen MR) is 86.0 cm³/mol. The van der Waals surface area contributed by atoms with Gasteiger partial charge in [-0.25, -0.2) is 0 Å². The van der Waals surface area contributed by atoms with Gasteiger partial charge in [-0.3, -0.25) is 9.59 Å². The van der Waals surface area contributed by atoms with Gasteiger partial charge in [0.1, 0.15) is 0 Å². The summed E-state index contributed by atoms with van der Waals surface area (Å²) in [5.74, 6) is -0.152. The second kappa shape index (κ2) is 6.33. The van der Waals surface area contributed by atoms with Gasteiger partial charge in [-0.1, -0.05) is 6.92 Å². The average Bonchev–Trinajstić information content (AvgIpc) is 2.80. The highest BCUT2D eigenvalue weighted by atomic mass is 127. The molecule has 2 heterocycles. The number of hydrogen-bond acceptors (Lipinski definition) is 3. The third-order valence-electron chi connectivity index (χ3n) is 2.54. The molecule has 0 aromatic carbocycles. The van der Waals surface area contributed by atoms with Crippen LogP contribution in [0.15, 0.2) is 34.6 Å². The number of halogens is 1. The van der Waals surface area contributed by atoms with Crippen LogP contribution in [0.1, 0.15) is 23.7 Å². The number of rotatable bonds is 4. The minimum Gasteiger partial charge on any atom is -0.321 e. The molecule has 0 saturated carbocycles. The molecule has 2 aromatic rings. The SMILES string of the molecule is CCCn1cc(NC(=O)c2csc(I)c2)ccc1=O. The first-order valence-electron chi connectivity index (χ1n) is 5.86. The van der Waals surface area contributed by atoms with E-state index in [1.807, 2.05) is 18.4 Å². The Balaban J connectivity index is 2.17. The Morgan fingerprint density at radius 3 is 2.89 bits per heavy atom. The Kier molecular flexibility index (Phi) is 4.76. The van der Waals surface area contributed by atoms with E-state index in [0.29, 0.717) is 17.8 Å². The van der Waals surface area contributed by atoms with Crippen molar-refractivity contribution in [1.29, 1.82) is 0 Å². The standard InChI is InChI=1S/C13H13IN2O2S/c1-2-5-16-7-10(3-4-12(16)17)15-13(18)9-6-11(14)19-8-9/h3-4,6-8H,2,5H2,1H3,(H,15,18). The summed E-state index contributed by atoms with van der Waals surface area (Å²) in [7, 11) is 0. The molecule has 2 rings (SSSR count). The van der Waals surface area contributed by atoms with Crippen LogP contribution in [0.5, 0.6) is 0 Å². The fraction of sp³-hybridized carbons (Fsp3) is 0.231. The van der Waals surface area contributed by atoms with E-state index >= 15 is 0 Å². The number of amides is 1. The van der Waals surface area contributed by atoms with Crippen LogP contribution >= 0.6 is 33.9 Å². The number of nitrogens with zero attached hydrogens (tertiary/aromatic N) is 1. The van der Waals surface area contributed by atoms with Crippen LogP contribution in [0, 0.1) is 2.88 Å². The fourth-order valence-electron chi connectivity index (χ4n) is 1.65. The lowest BCUT2D eigenvalue weighted by Crippen LogP contribution is -2.20. The van der Waals surface area contributed by atoms with Crippen molar-refractivity contribution in [2.24, 2.45) is 0 Å². The van der Waals surface area contributed by atoms with E-state index in [4.69, 9.17) is 0 Å². The number of carbonyl (C=O) groups is 1. The molecule has 100 valence electrons. The van der Waals surface area contributed by atoms with Crippen molar-refractivity contribution in [2.45, 2.75) is 19.9 Å². The van der Waals surface area contributed by atoms with Crippen molar-refractivity contribution in [1.82, 2.24) is 4.57 Å². The van der Waals surface area contributed by atoms with E-state index in [1.54, 1.807) is 16.8 Å². The molecule has 2 aromatic heterocycles. The molecule has 0 bridgehead atoms. The van der Waals surface area contributed by atoms with Crippen LogP contribution in [-0.2, 0) is 6.54 Å². The zero-order valence-corrected chi connectivity index (χ0v) is 13.3. The first-order chi connectivity index (χ1) is 9.10. The highest BCUT2D eigenvalue weighted by Gasteiger charge is 2.08. The largest absolute Gasteiger partial charge is 0.321 e. The lowest BCUT2D eigenvalue weighted by Gasteiger charge is -2.08. The zero-order valence-electron chi connectivity index (χ0n) is 10.4. The first-order valence-corrected chi connectivity index (χ1v) is 7.82. The topological polar surface area (TPSA) is 51.1 Å². The molecule has 0 aliphatic rings. The van der Waals surface area contributed by atoms with E-state index in [1.165, 1.54) is 17.4 Å². The number of nitrogens with one attached hydrogen (secondary N) is 1. The van der Waals surface area contributed by atoms with Gasteiger partial charge < -0.3 is 9.88 Å². The molecule has 0 spiro atoms. The molecule has 4 nitrogen and oxygen atoms in total. The van der Waals surface area contributed by atoms with Crippen LogP contribution < -0.4 is 10.9 Å². The van der Waals surface area contributed by atoms with Gasteiger partial charge in [-0.2, -0.15) is 0 Å². The molecular weight excluding hydrogens is 375 g/mol. The lowest BCUT2D eigenvalue weighted by molar-refractivity contribution is 0.102. The minimum atomic E-state index is -0.152. The molecule has 0 aliphatic heterocycles. The molecule has 0 saturated heterocycles. The average molecular weight is 388 g/mol. The summed E-state index contributed by atoms with van der Waals surface area (Å²) in [5, 5.41) is 4.62. The number of hydrogen-bond donors (Lipinski definition) is 1. The number of anilines is 1. The van der Waals surface area contributed by atoms with Gasteiger partial charge in [0.05, 0.1) is 14.1 Å². The van der Waals surface area contributed by atoms with Crippen LogP contribution in [0.4, 0.5) is 5.69 Å². The Bertz CT molecular complexity index is 648. The number of aryl methyl sites for hydroxylation is 1. The summed E-state index contributed by atoms with van der Waals surface area (Å²) in [6.07, 6.45) is 2.56. The van der Waals surface area contributed by atoms with E-state index < -0.39 is 0 Å². The summed E-state index contributed by atoms with van der Waals surface area (Å²) >= 11 is 3.71. The van der Waals surface area contributed by atoms with Crippen LogP contribution in [0.3, 0.4) is 0 Å². The van der Waals surface area contributed by atoms with Gasteiger partial charge in [-0.15, -0.1) is 11.3 Å². The van der Waals surface area contributed by atoms with Crippen LogP contribution in [-0.4, -0.2) is 10.5 Å². The van der Waals surface area contributed by atoms with Crippen molar-refractivity contribution in [3.05, 3.63) is 48.6 Å². The third kappa shape index (κ3) is 3.66. The molecular formula is C13H13IN2O2S. The smallest absolute Gasteiger partial charge is 0.256 e. The van der Waals surface area contributed by atoms with Crippen LogP contribution in [0.2, 0.25) is 0 Å². The fourth-order valence-corrected chi connectivity index (χ4v) is 2.98. The van der Waals surface area contributed by atoms with Crippen molar-refractivity contribution in [3.8, 4) is 0 Å². The van der Waals surface area contributed by atoms with E-state index in [-0.39, 0.29) is 11.5 Å². The molecule has 0 aliphatic carbocycles. The lowest BCUT2D eigenvalue weighted by atomic mass is 10.3.